The van der Waals surface area contributed by atoms with Crippen LogP contribution in [0.1, 0.15) is 46.0 Å². The van der Waals surface area contributed by atoms with Gasteiger partial charge in [0.1, 0.15) is 0 Å². The summed E-state index contributed by atoms with van der Waals surface area (Å²) in [6.07, 6.45) is 3.10. The van der Waals surface area contributed by atoms with E-state index in [9.17, 15) is 13.2 Å². The molecule has 1 unspecified atom stereocenters. The molecule has 6 nitrogen and oxygen atoms in total. The number of hydrogen-bond donors (Lipinski definition) is 2. The third-order valence-electron chi connectivity index (χ3n) is 3.65. The largest absolute Gasteiger partial charge is 0.353 e. The van der Waals surface area contributed by atoms with Crippen LogP contribution in [0.25, 0.3) is 0 Å². The Labute approximate surface area is 122 Å². The van der Waals surface area contributed by atoms with Crippen LogP contribution < -0.4 is 11.1 Å². The van der Waals surface area contributed by atoms with Crippen LogP contribution in [0.5, 0.6) is 0 Å². The topological polar surface area (TPSA) is 92.5 Å². The predicted molar refractivity (Wildman–Crippen MR) is 79.7 cm³/mol. The number of rotatable bonds is 7. The summed E-state index contributed by atoms with van der Waals surface area (Å²) in [7, 11) is -3.11. The van der Waals surface area contributed by atoms with E-state index in [4.69, 9.17) is 5.73 Å². The summed E-state index contributed by atoms with van der Waals surface area (Å²) in [6, 6.07) is -0.0281. The number of hydrogen-bond acceptors (Lipinski definition) is 4. The quantitative estimate of drug-likeness (QED) is 0.713. The van der Waals surface area contributed by atoms with Crippen molar-refractivity contribution in [2.24, 2.45) is 5.73 Å². The second-order valence-corrected chi connectivity index (χ2v) is 7.52. The van der Waals surface area contributed by atoms with Gasteiger partial charge in [-0.3, -0.25) is 4.79 Å². The van der Waals surface area contributed by atoms with E-state index >= 15 is 0 Å². The van der Waals surface area contributed by atoms with E-state index in [0.29, 0.717) is 38.8 Å². The second kappa shape index (κ2) is 7.95. The number of nitrogens with two attached hydrogens (primary N) is 1. The van der Waals surface area contributed by atoms with Crippen LogP contribution in [-0.4, -0.2) is 49.6 Å². The maximum absolute atomic E-state index is 11.9. The molecule has 0 radical (unpaired) electrons. The van der Waals surface area contributed by atoms with Crippen molar-refractivity contribution < 1.29 is 13.2 Å². The summed E-state index contributed by atoms with van der Waals surface area (Å²) in [5, 5.41) is 2.95. The maximum Gasteiger partial charge on any atom is 0.221 e. The van der Waals surface area contributed by atoms with E-state index < -0.39 is 10.0 Å². The van der Waals surface area contributed by atoms with E-state index in [1.807, 2.05) is 13.8 Å². The van der Waals surface area contributed by atoms with Crippen molar-refractivity contribution in [3.8, 4) is 0 Å². The van der Waals surface area contributed by atoms with Gasteiger partial charge >= 0.3 is 0 Å². The Hall–Kier alpha value is -0.660. The number of piperidine rings is 1. The van der Waals surface area contributed by atoms with Crippen LogP contribution in [0.15, 0.2) is 0 Å². The van der Waals surface area contributed by atoms with E-state index in [2.05, 4.69) is 5.32 Å². The minimum atomic E-state index is -3.11. The molecule has 1 atom stereocenters. The minimum Gasteiger partial charge on any atom is -0.353 e. The lowest BCUT2D eigenvalue weighted by molar-refractivity contribution is -0.122. The van der Waals surface area contributed by atoms with E-state index in [1.165, 1.54) is 4.31 Å². The van der Waals surface area contributed by atoms with Gasteiger partial charge in [0.2, 0.25) is 15.9 Å². The number of carbonyl (C=O) groups excluding carboxylic acids is 1. The van der Waals surface area contributed by atoms with Gasteiger partial charge in [-0.05, 0) is 25.7 Å². The van der Waals surface area contributed by atoms with Gasteiger partial charge in [-0.25, -0.2) is 12.7 Å². The Morgan fingerprint density at radius 3 is 2.45 bits per heavy atom. The molecule has 118 valence electrons. The zero-order chi connectivity index (χ0) is 15.2. The Morgan fingerprint density at radius 2 is 1.95 bits per heavy atom. The highest BCUT2D eigenvalue weighted by Gasteiger charge is 2.27. The van der Waals surface area contributed by atoms with Gasteiger partial charge in [0.05, 0.1) is 5.75 Å². The van der Waals surface area contributed by atoms with Gasteiger partial charge in [0.15, 0.2) is 0 Å². The fourth-order valence-electron chi connectivity index (χ4n) is 2.33. The van der Waals surface area contributed by atoms with Crippen LogP contribution in [-0.2, 0) is 14.8 Å². The highest BCUT2D eigenvalue weighted by atomic mass is 32.2. The summed E-state index contributed by atoms with van der Waals surface area (Å²) in [5.74, 6) is 0.171. The van der Waals surface area contributed by atoms with Crippen molar-refractivity contribution >= 4 is 15.9 Å². The predicted octanol–water partition coefficient (Wildman–Crippen LogP) is 0.434. The van der Waals surface area contributed by atoms with Crippen molar-refractivity contribution in [2.75, 3.05) is 18.8 Å². The number of amides is 1. The van der Waals surface area contributed by atoms with Crippen molar-refractivity contribution in [1.82, 2.24) is 9.62 Å². The molecule has 20 heavy (non-hydrogen) atoms. The Balaban J connectivity index is 2.37. The van der Waals surface area contributed by atoms with E-state index in [-0.39, 0.29) is 23.7 Å². The first-order valence-corrected chi connectivity index (χ1v) is 9.02. The molecule has 1 aliphatic heterocycles. The fraction of sp³-hybridized carbons (Fsp3) is 0.923. The van der Waals surface area contributed by atoms with Crippen LogP contribution >= 0.6 is 0 Å². The van der Waals surface area contributed by atoms with Gasteiger partial charge < -0.3 is 11.1 Å². The molecule has 0 aromatic heterocycles. The van der Waals surface area contributed by atoms with Crippen LogP contribution in [0.2, 0.25) is 0 Å². The molecule has 0 spiro atoms. The van der Waals surface area contributed by atoms with Gasteiger partial charge in [-0.1, -0.05) is 13.8 Å². The smallest absolute Gasteiger partial charge is 0.221 e. The van der Waals surface area contributed by atoms with Crippen molar-refractivity contribution in [2.45, 2.75) is 58.0 Å². The molecular formula is C13H27N3O3S. The summed E-state index contributed by atoms with van der Waals surface area (Å²) in [6.45, 7) is 4.80. The molecule has 0 saturated carbocycles. The fourth-order valence-corrected chi connectivity index (χ4v) is 3.88. The highest BCUT2D eigenvalue weighted by Crippen LogP contribution is 2.15. The third-order valence-corrected chi connectivity index (χ3v) is 5.72. The first kappa shape index (κ1) is 17.4. The highest BCUT2D eigenvalue weighted by molar-refractivity contribution is 7.89. The lowest BCUT2D eigenvalue weighted by atomic mass is 10.1. The van der Waals surface area contributed by atoms with Crippen molar-refractivity contribution in [1.29, 1.82) is 0 Å². The average Bonchev–Trinajstić information content (AvgIpc) is 2.39. The summed E-state index contributed by atoms with van der Waals surface area (Å²) in [5.41, 5.74) is 5.74. The molecule has 1 rings (SSSR count). The molecule has 0 aliphatic carbocycles. The monoisotopic (exact) mass is 305 g/mol. The van der Waals surface area contributed by atoms with Gasteiger partial charge in [-0.2, -0.15) is 0 Å². The molecule has 7 heteroatoms. The first-order chi connectivity index (χ1) is 9.39. The average molecular weight is 305 g/mol. The molecule has 1 aliphatic rings. The zero-order valence-electron chi connectivity index (χ0n) is 12.5. The summed E-state index contributed by atoms with van der Waals surface area (Å²) >= 11 is 0. The Bertz CT molecular complexity index is 403. The first-order valence-electron chi connectivity index (χ1n) is 7.41. The maximum atomic E-state index is 11.9. The van der Waals surface area contributed by atoms with Gasteiger partial charge in [0.25, 0.3) is 0 Å². The molecule has 1 heterocycles. The third kappa shape index (κ3) is 5.38. The Kier molecular flexibility index (Phi) is 6.91. The lowest BCUT2D eigenvalue weighted by Crippen LogP contribution is -2.47. The summed E-state index contributed by atoms with van der Waals surface area (Å²) < 4.78 is 25.4. The zero-order valence-corrected chi connectivity index (χ0v) is 13.3. The van der Waals surface area contributed by atoms with Gasteiger partial charge in [0, 0.05) is 31.6 Å². The second-order valence-electron chi connectivity index (χ2n) is 5.43. The molecule has 0 bridgehead atoms. The molecule has 0 aromatic carbocycles. The molecule has 1 saturated heterocycles. The van der Waals surface area contributed by atoms with E-state index in [1.54, 1.807) is 0 Å². The number of nitrogens with zero attached hydrogens (tertiary/aromatic N) is 1. The number of carbonyl (C=O) groups is 1. The Morgan fingerprint density at radius 1 is 1.35 bits per heavy atom. The molecule has 1 amide bonds. The van der Waals surface area contributed by atoms with Crippen LogP contribution in [0.4, 0.5) is 0 Å². The van der Waals surface area contributed by atoms with Crippen LogP contribution in [0, 0.1) is 0 Å². The molecule has 1 fully saturated rings. The molecular weight excluding hydrogens is 278 g/mol. The molecule has 0 aromatic rings. The number of nitrogens with one attached hydrogen (secondary N) is 1. The van der Waals surface area contributed by atoms with E-state index in [0.717, 1.165) is 6.42 Å². The normalized spacial score (nSPS) is 19.8. The number of sulfonamides is 1. The molecule has 3 N–H and O–H groups in total. The standard InChI is InChI=1S/C13H27N3O3S/c1-3-9-20(18,19)16-7-5-12(6-8-16)15-13(17)10-11(14)4-2/h11-12H,3-10,14H2,1-2H3,(H,15,17). The van der Waals surface area contributed by atoms with Crippen molar-refractivity contribution in [3.63, 3.8) is 0 Å². The SMILES string of the molecule is CCCS(=O)(=O)N1CCC(NC(=O)CC(N)CC)CC1. The lowest BCUT2D eigenvalue weighted by Gasteiger charge is -2.31. The van der Waals surface area contributed by atoms with Crippen molar-refractivity contribution in [3.05, 3.63) is 0 Å². The summed E-state index contributed by atoms with van der Waals surface area (Å²) in [4.78, 5) is 11.7. The van der Waals surface area contributed by atoms with Crippen LogP contribution in [0.3, 0.4) is 0 Å². The van der Waals surface area contributed by atoms with Gasteiger partial charge in [-0.15, -0.1) is 0 Å². The minimum absolute atomic E-state index is 0.0331.